The molecule has 1 N–H and O–H groups in total. The number of hydrogen-bond donors (Lipinski definition) is 1. The van der Waals surface area contributed by atoms with Gasteiger partial charge in [-0.2, -0.15) is 0 Å². The van der Waals surface area contributed by atoms with Gasteiger partial charge < -0.3 is 9.84 Å². The molecule has 1 aromatic rings. The van der Waals surface area contributed by atoms with Crippen molar-refractivity contribution in [2.24, 2.45) is 5.92 Å². The van der Waals surface area contributed by atoms with Gasteiger partial charge in [-0.1, -0.05) is 12.1 Å². The van der Waals surface area contributed by atoms with E-state index in [0.717, 1.165) is 12.0 Å². The Morgan fingerprint density at radius 2 is 2.35 bits per heavy atom. The molecule has 0 bridgehead atoms. The van der Waals surface area contributed by atoms with Crippen LogP contribution in [0.15, 0.2) is 18.2 Å². The highest BCUT2D eigenvalue weighted by Gasteiger charge is 2.45. The molecule has 0 radical (unpaired) electrons. The van der Waals surface area contributed by atoms with Crippen LogP contribution in [0.3, 0.4) is 0 Å². The van der Waals surface area contributed by atoms with E-state index in [4.69, 9.17) is 9.84 Å². The van der Waals surface area contributed by atoms with Crippen molar-refractivity contribution in [2.45, 2.75) is 25.9 Å². The van der Waals surface area contributed by atoms with Crippen molar-refractivity contribution in [2.75, 3.05) is 6.61 Å². The predicted molar refractivity (Wildman–Crippen MR) is 59.8 cm³/mol. The molecule has 0 heterocycles. The summed E-state index contributed by atoms with van der Waals surface area (Å²) in [6, 6.07) is 4.72. The van der Waals surface area contributed by atoms with Gasteiger partial charge in [0.25, 0.3) is 0 Å². The first-order valence-corrected chi connectivity index (χ1v) is 5.73. The summed E-state index contributed by atoms with van der Waals surface area (Å²) in [5.41, 5.74) is 1.08. The van der Waals surface area contributed by atoms with Crippen molar-refractivity contribution in [1.29, 1.82) is 0 Å². The zero-order valence-electron chi connectivity index (χ0n) is 9.65. The van der Waals surface area contributed by atoms with E-state index in [0.29, 0.717) is 6.61 Å². The van der Waals surface area contributed by atoms with Crippen LogP contribution in [-0.4, -0.2) is 17.7 Å². The van der Waals surface area contributed by atoms with Gasteiger partial charge in [-0.05, 0) is 30.9 Å². The number of aliphatic hydroxyl groups excluding tert-OH is 1. The van der Waals surface area contributed by atoms with Crippen LogP contribution in [0.25, 0.3) is 0 Å². The van der Waals surface area contributed by atoms with E-state index in [-0.39, 0.29) is 30.0 Å². The van der Waals surface area contributed by atoms with Crippen LogP contribution in [0.1, 0.15) is 30.4 Å². The molecule has 4 heteroatoms. The second kappa shape index (κ2) is 4.84. The molecule has 1 aliphatic rings. The molecule has 3 nitrogen and oxygen atoms in total. The van der Waals surface area contributed by atoms with Crippen molar-refractivity contribution >= 4 is 5.97 Å². The molecule has 92 valence electrons. The Balaban J connectivity index is 2.06. The minimum absolute atomic E-state index is 0.0660. The van der Waals surface area contributed by atoms with E-state index in [9.17, 15) is 9.18 Å². The minimum atomic E-state index is -0.417. The number of halogens is 1. The van der Waals surface area contributed by atoms with Gasteiger partial charge in [0.15, 0.2) is 0 Å². The minimum Gasteiger partial charge on any atom is -0.466 e. The standard InChI is InChI=1S/C13H15FO3/c1-2-17-13(16)11-6-10(11)8-3-4-9(7-15)12(14)5-8/h3-5,10-11,15H,2,6-7H2,1H3. The Hall–Kier alpha value is -1.42. The molecule has 1 aromatic carbocycles. The smallest absolute Gasteiger partial charge is 0.309 e. The molecule has 2 atom stereocenters. The van der Waals surface area contributed by atoms with E-state index in [1.54, 1.807) is 19.1 Å². The van der Waals surface area contributed by atoms with Gasteiger partial charge in [0.1, 0.15) is 5.82 Å². The molecule has 2 rings (SSSR count). The number of aliphatic hydroxyl groups is 1. The highest BCUT2D eigenvalue weighted by molar-refractivity contribution is 5.77. The molecular weight excluding hydrogens is 223 g/mol. The van der Waals surface area contributed by atoms with Crippen LogP contribution >= 0.6 is 0 Å². The molecule has 0 spiro atoms. The van der Waals surface area contributed by atoms with Crippen LogP contribution in [0.5, 0.6) is 0 Å². The van der Waals surface area contributed by atoms with E-state index < -0.39 is 5.82 Å². The van der Waals surface area contributed by atoms with Gasteiger partial charge in [-0.15, -0.1) is 0 Å². The SMILES string of the molecule is CCOC(=O)C1CC1c1ccc(CO)c(F)c1. The molecule has 1 aliphatic carbocycles. The fourth-order valence-corrected chi connectivity index (χ4v) is 2.00. The summed E-state index contributed by atoms with van der Waals surface area (Å²) >= 11 is 0. The number of esters is 1. The predicted octanol–water partition coefficient (Wildman–Crippen LogP) is 1.98. The van der Waals surface area contributed by atoms with Crippen LogP contribution in [0.2, 0.25) is 0 Å². The summed E-state index contributed by atoms with van der Waals surface area (Å²) < 4.78 is 18.4. The average Bonchev–Trinajstić information content (AvgIpc) is 3.09. The lowest BCUT2D eigenvalue weighted by Gasteiger charge is -2.04. The maximum Gasteiger partial charge on any atom is 0.309 e. The molecule has 17 heavy (non-hydrogen) atoms. The highest BCUT2D eigenvalue weighted by Crippen LogP contribution is 2.48. The van der Waals surface area contributed by atoms with Crippen molar-refractivity contribution < 1.29 is 19.0 Å². The number of benzene rings is 1. The second-order valence-corrected chi connectivity index (χ2v) is 4.21. The molecule has 0 saturated heterocycles. The first-order valence-electron chi connectivity index (χ1n) is 5.73. The lowest BCUT2D eigenvalue weighted by atomic mass is 10.1. The van der Waals surface area contributed by atoms with Crippen LogP contribution < -0.4 is 0 Å². The normalized spacial score (nSPS) is 22.3. The van der Waals surface area contributed by atoms with Gasteiger partial charge in [-0.3, -0.25) is 4.79 Å². The van der Waals surface area contributed by atoms with Gasteiger partial charge in [0, 0.05) is 5.56 Å². The van der Waals surface area contributed by atoms with E-state index in [1.165, 1.54) is 6.07 Å². The van der Waals surface area contributed by atoms with Crippen LogP contribution in [0.4, 0.5) is 4.39 Å². The summed E-state index contributed by atoms with van der Waals surface area (Å²) in [5.74, 6) is -0.686. The molecule has 1 fully saturated rings. The number of carbonyl (C=O) groups is 1. The summed E-state index contributed by atoms with van der Waals surface area (Å²) in [6.07, 6.45) is 0.719. The summed E-state index contributed by atoms with van der Waals surface area (Å²) in [6.45, 7) is 1.84. The maximum absolute atomic E-state index is 13.4. The fraction of sp³-hybridized carbons (Fsp3) is 0.462. The monoisotopic (exact) mass is 238 g/mol. The second-order valence-electron chi connectivity index (χ2n) is 4.21. The largest absolute Gasteiger partial charge is 0.466 e. The summed E-state index contributed by atoms with van der Waals surface area (Å²) in [5, 5.41) is 8.86. The number of rotatable bonds is 4. The third-order valence-corrected chi connectivity index (χ3v) is 3.06. The zero-order chi connectivity index (χ0) is 12.4. The topological polar surface area (TPSA) is 46.5 Å². The first kappa shape index (κ1) is 12.0. The van der Waals surface area contributed by atoms with Gasteiger partial charge in [0.2, 0.25) is 0 Å². The molecule has 1 saturated carbocycles. The lowest BCUT2D eigenvalue weighted by Crippen LogP contribution is -2.07. The number of hydrogen-bond acceptors (Lipinski definition) is 3. The Morgan fingerprint density at radius 3 is 2.94 bits per heavy atom. The number of ether oxygens (including phenoxy) is 1. The molecule has 2 unspecified atom stereocenters. The van der Waals surface area contributed by atoms with Crippen LogP contribution in [0, 0.1) is 11.7 Å². The molecular formula is C13H15FO3. The average molecular weight is 238 g/mol. The summed E-state index contributed by atoms with van der Waals surface area (Å²) in [4.78, 5) is 11.4. The van der Waals surface area contributed by atoms with Crippen molar-refractivity contribution in [3.05, 3.63) is 35.1 Å². The van der Waals surface area contributed by atoms with Crippen molar-refractivity contribution in [1.82, 2.24) is 0 Å². The fourth-order valence-electron chi connectivity index (χ4n) is 2.00. The van der Waals surface area contributed by atoms with E-state index >= 15 is 0 Å². The quantitative estimate of drug-likeness (QED) is 0.816. The third-order valence-electron chi connectivity index (χ3n) is 3.06. The maximum atomic E-state index is 13.4. The zero-order valence-corrected chi connectivity index (χ0v) is 9.65. The van der Waals surface area contributed by atoms with E-state index in [2.05, 4.69) is 0 Å². The highest BCUT2D eigenvalue weighted by atomic mass is 19.1. The third kappa shape index (κ3) is 2.47. The first-order chi connectivity index (χ1) is 8.17. The van der Waals surface area contributed by atoms with Gasteiger partial charge in [0.05, 0.1) is 19.1 Å². The molecule has 0 aromatic heterocycles. The molecule has 0 amide bonds. The Labute approximate surface area is 99.2 Å². The van der Waals surface area contributed by atoms with Crippen molar-refractivity contribution in [3.63, 3.8) is 0 Å². The molecule has 0 aliphatic heterocycles. The van der Waals surface area contributed by atoms with Crippen LogP contribution in [-0.2, 0) is 16.1 Å². The Bertz CT molecular complexity index is 431. The number of carbonyl (C=O) groups excluding carboxylic acids is 1. The lowest BCUT2D eigenvalue weighted by molar-refractivity contribution is -0.144. The Morgan fingerprint density at radius 1 is 1.59 bits per heavy atom. The van der Waals surface area contributed by atoms with Crippen molar-refractivity contribution in [3.8, 4) is 0 Å². The summed E-state index contributed by atoms with van der Waals surface area (Å²) in [7, 11) is 0. The Kier molecular flexibility index (Phi) is 3.43. The van der Waals surface area contributed by atoms with Gasteiger partial charge >= 0.3 is 5.97 Å². The van der Waals surface area contributed by atoms with E-state index in [1.807, 2.05) is 0 Å². The van der Waals surface area contributed by atoms with Gasteiger partial charge in [-0.25, -0.2) is 4.39 Å².